The summed E-state index contributed by atoms with van der Waals surface area (Å²) in [6.07, 6.45) is 9.23. The van der Waals surface area contributed by atoms with E-state index in [1.54, 1.807) is 0 Å². The molecule has 0 aliphatic heterocycles. The summed E-state index contributed by atoms with van der Waals surface area (Å²) in [5, 5.41) is 0. The topological polar surface area (TPSA) is 29.3 Å². The largest absolute Gasteiger partial charge is 0.325 e. The summed E-state index contributed by atoms with van der Waals surface area (Å²) >= 11 is 0. The standard InChI is InChI=1S/C14H28N2/c1-12-10-13(12)11-16(2)9-8-14(15)6-4-3-5-7-14/h12-13H,3-11,15H2,1-2H3. The lowest BCUT2D eigenvalue weighted by molar-refractivity contribution is 0.225. The zero-order valence-electron chi connectivity index (χ0n) is 11.0. The number of hydrogen-bond donors (Lipinski definition) is 1. The van der Waals surface area contributed by atoms with Crippen LogP contribution in [0.5, 0.6) is 0 Å². The average molecular weight is 224 g/mol. The van der Waals surface area contributed by atoms with E-state index in [1.165, 1.54) is 58.0 Å². The summed E-state index contributed by atoms with van der Waals surface area (Å²) in [4.78, 5) is 2.50. The Kier molecular flexibility index (Phi) is 3.91. The van der Waals surface area contributed by atoms with E-state index < -0.39 is 0 Å². The fourth-order valence-electron chi connectivity index (χ4n) is 3.06. The van der Waals surface area contributed by atoms with Crippen LogP contribution in [0.2, 0.25) is 0 Å². The maximum atomic E-state index is 6.45. The molecule has 0 radical (unpaired) electrons. The van der Waals surface area contributed by atoms with Gasteiger partial charge in [-0.3, -0.25) is 0 Å². The van der Waals surface area contributed by atoms with Crippen molar-refractivity contribution < 1.29 is 0 Å². The van der Waals surface area contributed by atoms with Gasteiger partial charge in [-0.2, -0.15) is 0 Å². The van der Waals surface area contributed by atoms with Gasteiger partial charge in [-0.15, -0.1) is 0 Å². The van der Waals surface area contributed by atoms with E-state index in [0.717, 1.165) is 11.8 Å². The summed E-state index contributed by atoms with van der Waals surface area (Å²) in [6.45, 7) is 4.85. The highest BCUT2D eigenvalue weighted by molar-refractivity contribution is 4.89. The Labute approximate surface area is 101 Å². The molecule has 2 nitrogen and oxygen atoms in total. The van der Waals surface area contributed by atoms with E-state index in [4.69, 9.17) is 5.73 Å². The minimum atomic E-state index is 0.168. The maximum Gasteiger partial charge on any atom is 0.0166 e. The summed E-state index contributed by atoms with van der Waals surface area (Å²) in [5.41, 5.74) is 6.62. The SMILES string of the molecule is CC1CC1CN(C)CCC1(N)CCCCC1. The predicted molar refractivity (Wildman–Crippen MR) is 69.4 cm³/mol. The molecule has 2 unspecified atom stereocenters. The quantitative estimate of drug-likeness (QED) is 0.778. The normalized spacial score (nSPS) is 33.0. The maximum absolute atomic E-state index is 6.45. The molecule has 0 aromatic rings. The van der Waals surface area contributed by atoms with Crippen LogP contribution < -0.4 is 5.73 Å². The van der Waals surface area contributed by atoms with Gasteiger partial charge in [0.05, 0.1) is 0 Å². The molecule has 2 aliphatic carbocycles. The molecule has 0 heterocycles. The average Bonchev–Trinajstić information content (AvgIpc) is 2.93. The van der Waals surface area contributed by atoms with Crippen LogP contribution in [-0.2, 0) is 0 Å². The van der Waals surface area contributed by atoms with Crippen LogP contribution in [0.25, 0.3) is 0 Å². The van der Waals surface area contributed by atoms with Gasteiger partial charge in [-0.1, -0.05) is 26.2 Å². The first kappa shape index (κ1) is 12.4. The van der Waals surface area contributed by atoms with Crippen molar-refractivity contribution in [3.8, 4) is 0 Å². The van der Waals surface area contributed by atoms with Crippen molar-refractivity contribution in [2.75, 3.05) is 20.1 Å². The Morgan fingerprint density at radius 2 is 1.88 bits per heavy atom. The Morgan fingerprint density at radius 3 is 2.44 bits per heavy atom. The van der Waals surface area contributed by atoms with Gasteiger partial charge in [-0.25, -0.2) is 0 Å². The van der Waals surface area contributed by atoms with Crippen LogP contribution in [-0.4, -0.2) is 30.6 Å². The van der Waals surface area contributed by atoms with Crippen molar-refractivity contribution in [2.45, 2.75) is 57.4 Å². The molecule has 0 spiro atoms. The molecule has 2 aliphatic rings. The van der Waals surface area contributed by atoms with Gasteiger partial charge >= 0.3 is 0 Å². The molecule has 0 bridgehead atoms. The Balaban J connectivity index is 1.65. The third kappa shape index (κ3) is 3.46. The first-order valence-corrected chi connectivity index (χ1v) is 7.06. The van der Waals surface area contributed by atoms with E-state index in [2.05, 4.69) is 18.9 Å². The van der Waals surface area contributed by atoms with Crippen LogP contribution in [0.3, 0.4) is 0 Å². The lowest BCUT2D eigenvalue weighted by Gasteiger charge is -2.34. The van der Waals surface area contributed by atoms with Crippen molar-refractivity contribution in [3.63, 3.8) is 0 Å². The molecule has 2 heteroatoms. The zero-order valence-corrected chi connectivity index (χ0v) is 11.0. The number of nitrogens with zero attached hydrogens (tertiary/aromatic N) is 1. The molecule has 16 heavy (non-hydrogen) atoms. The second-order valence-corrected chi connectivity index (χ2v) is 6.41. The molecule has 2 atom stereocenters. The molecule has 0 aromatic carbocycles. The Bertz CT molecular complexity index is 221. The van der Waals surface area contributed by atoms with Crippen molar-refractivity contribution >= 4 is 0 Å². The predicted octanol–water partition coefficient (Wildman–Crippen LogP) is 2.63. The van der Waals surface area contributed by atoms with Crippen molar-refractivity contribution in [2.24, 2.45) is 17.6 Å². The molecule has 0 aromatic heterocycles. The van der Waals surface area contributed by atoms with Gasteiger partial charge in [0.25, 0.3) is 0 Å². The summed E-state index contributed by atoms with van der Waals surface area (Å²) in [5.74, 6) is 1.95. The van der Waals surface area contributed by atoms with Gasteiger partial charge in [-0.05, 0) is 51.1 Å². The Morgan fingerprint density at radius 1 is 1.25 bits per heavy atom. The van der Waals surface area contributed by atoms with Gasteiger partial charge in [0.15, 0.2) is 0 Å². The second-order valence-electron chi connectivity index (χ2n) is 6.41. The number of rotatable bonds is 5. The van der Waals surface area contributed by atoms with Crippen LogP contribution in [0.15, 0.2) is 0 Å². The number of nitrogens with two attached hydrogens (primary N) is 1. The molecule has 94 valence electrons. The summed E-state index contributed by atoms with van der Waals surface area (Å²) in [6, 6.07) is 0. The molecule has 2 rings (SSSR count). The fourth-order valence-corrected chi connectivity index (χ4v) is 3.06. The molecular formula is C14H28N2. The first-order valence-electron chi connectivity index (χ1n) is 7.06. The van der Waals surface area contributed by atoms with Crippen LogP contribution >= 0.6 is 0 Å². The van der Waals surface area contributed by atoms with E-state index in [-0.39, 0.29) is 5.54 Å². The fraction of sp³-hybridized carbons (Fsp3) is 1.00. The monoisotopic (exact) mass is 224 g/mol. The van der Waals surface area contributed by atoms with E-state index in [9.17, 15) is 0 Å². The molecule has 2 fully saturated rings. The van der Waals surface area contributed by atoms with Gasteiger partial charge in [0.2, 0.25) is 0 Å². The van der Waals surface area contributed by atoms with Crippen LogP contribution in [0.1, 0.15) is 51.9 Å². The third-order valence-corrected chi connectivity index (χ3v) is 4.66. The smallest absolute Gasteiger partial charge is 0.0166 e. The lowest BCUT2D eigenvalue weighted by Crippen LogP contribution is -2.44. The number of hydrogen-bond acceptors (Lipinski definition) is 2. The minimum Gasteiger partial charge on any atom is -0.325 e. The van der Waals surface area contributed by atoms with Crippen LogP contribution in [0.4, 0.5) is 0 Å². The summed E-state index contributed by atoms with van der Waals surface area (Å²) < 4.78 is 0. The molecular weight excluding hydrogens is 196 g/mol. The molecule has 0 saturated heterocycles. The van der Waals surface area contributed by atoms with E-state index >= 15 is 0 Å². The van der Waals surface area contributed by atoms with Gasteiger partial charge in [0, 0.05) is 12.1 Å². The van der Waals surface area contributed by atoms with Crippen molar-refractivity contribution in [1.82, 2.24) is 4.90 Å². The molecule has 2 saturated carbocycles. The van der Waals surface area contributed by atoms with E-state index in [0.29, 0.717) is 0 Å². The van der Waals surface area contributed by atoms with E-state index in [1.807, 2.05) is 0 Å². The molecule has 0 amide bonds. The highest BCUT2D eigenvalue weighted by atomic mass is 15.1. The minimum absolute atomic E-state index is 0.168. The third-order valence-electron chi connectivity index (χ3n) is 4.66. The first-order chi connectivity index (χ1) is 7.59. The zero-order chi connectivity index (χ0) is 11.6. The second kappa shape index (κ2) is 5.05. The highest BCUT2D eigenvalue weighted by Crippen LogP contribution is 2.38. The van der Waals surface area contributed by atoms with Crippen LogP contribution in [0, 0.1) is 11.8 Å². The van der Waals surface area contributed by atoms with Crippen molar-refractivity contribution in [3.05, 3.63) is 0 Å². The highest BCUT2D eigenvalue weighted by Gasteiger charge is 2.33. The Hall–Kier alpha value is -0.0800. The van der Waals surface area contributed by atoms with Gasteiger partial charge < -0.3 is 10.6 Å². The summed E-state index contributed by atoms with van der Waals surface area (Å²) in [7, 11) is 2.26. The molecule has 2 N–H and O–H groups in total. The lowest BCUT2D eigenvalue weighted by atomic mass is 9.80. The van der Waals surface area contributed by atoms with Gasteiger partial charge in [0.1, 0.15) is 0 Å². The van der Waals surface area contributed by atoms with Crippen molar-refractivity contribution in [1.29, 1.82) is 0 Å².